The van der Waals surface area contributed by atoms with E-state index < -0.39 is 5.41 Å². The predicted molar refractivity (Wildman–Crippen MR) is 89.5 cm³/mol. The number of nitrogens with zero attached hydrogens (tertiary/aromatic N) is 3. The molecule has 0 atom stereocenters. The van der Waals surface area contributed by atoms with Crippen molar-refractivity contribution < 1.29 is 9.18 Å². The summed E-state index contributed by atoms with van der Waals surface area (Å²) < 4.78 is 15.7. The second kappa shape index (κ2) is 5.42. The average molecular weight is 332 g/mol. The van der Waals surface area contributed by atoms with Gasteiger partial charge in [0, 0.05) is 11.5 Å². The third-order valence-corrected chi connectivity index (χ3v) is 4.27. The van der Waals surface area contributed by atoms with Crippen LogP contribution in [0.5, 0.6) is 0 Å². The normalized spacial score (nSPS) is 11.9. The number of amides is 1. The van der Waals surface area contributed by atoms with Crippen LogP contribution in [0.2, 0.25) is 0 Å². The van der Waals surface area contributed by atoms with Gasteiger partial charge < -0.3 is 5.32 Å². The number of thiazole rings is 1. The van der Waals surface area contributed by atoms with Crippen molar-refractivity contribution in [3.05, 3.63) is 35.8 Å². The number of aromatic nitrogens is 3. The first-order valence-corrected chi connectivity index (χ1v) is 8.00. The summed E-state index contributed by atoms with van der Waals surface area (Å²) in [5.74, 6) is 0.151. The van der Waals surface area contributed by atoms with E-state index in [9.17, 15) is 9.18 Å². The van der Waals surface area contributed by atoms with Crippen LogP contribution in [-0.2, 0) is 4.79 Å². The van der Waals surface area contributed by atoms with E-state index in [0.717, 1.165) is 10.4 Å². The third kappa shape index (κ3) is 3.10. The fraction of sp³-hybridized carbons (Fsp3) is 0.312. The lowest BCUT2D eigenvalue weighted by Crippen LogP contribution is -2.28. The summed E-state index contributed by atoms with van der Waals surface area (Å²) in [4.78, 5) is 16.7. The summed E-state index contributed by atoms with van der Waals surface area (Å²) >= 11 is 1.32. The highest BCUT2D eigenvalue weighted by atomic mass is 32.1. The molecule has 0 saturated carbocycles. The van der Waals surface area contributed by atoms with Crippen LogP contribution in [0.1, 0.15) is 26.5 Å². The summed E-state index contributed by atoms with van der Waals surface area (Å²) in [6.45, 7) is 7.37. The number of carbonyl (C=O) groups is 1. The minimum atomic E-state index is -0.514. The lowest BCUT2D eigenvalue weighted by molar-refractivity contribution is -0.123. The first kappa shape index (κ1) is 15.6. The van der Waals surface area contributed by atoms with E-state index in [1.165, 1.54) is 23.5 Å². The molecule has 1 N–H and O–H groups in total. The highest BCUT2D eigenvalue weighted by Crippen LogP contribution is 2.28. The minimum Gasteiger partial charge on any atom is -0.310 e. The number of aryl methyl sites for hydroxylation is 1. The number of carbonyl (C=O) groups excluding carboxylic acids is 1. The van der Waals surface area contributed by atoms with Crippen molar-refractivity contribution in [3.63, 3.8) is 0 Å². The molecule has 7 heteroatoms. The van der Waals surface area contributed by atoms with Crippen LogP contribution in [0.3, 0.4) is 0 Å². The van der Waals surface area contributed by atoms with Crippen molar-refractivity contribution in [3.8, 4) is 5.13 Å². The zero-order chi connectivity index (χ0) is 16.8. The Kier molecular flexibility index (Phi) is 3.68. The van der Waals surface area contributed by atoms with Crippen molar-refractivity contribution in [2.24, 2.45) is 5.41 Å². The number of benzene rings is 1. The average Bonchev–Trinajstić information content (AvgIpc) is 3.00. The molecule has 0 fully saturated rings. The topological polar surface area (TPSA) is 59.8 Å². The van der Waals surface area contributed by atoms with Gasteiger partial charge in [0.15, 0.2) is 0 Å². The molecule has 3 aromatic rings. The second-order valence-electron chi connectivity index (χ2n) is 6.40. The largest absolute Gasteiger partial charge is 0.310 e. The first-order chi connectivity index (χ1) is 10.7. The fourth-order valence-electron chi connectivity index (χ4n) is 2.02. The molecule has 23 heavy (non-hydrogen) atoms. The van der Waals surface area contributed by atoms with Crippen LogP contribution in [-0.4, -0.2) is 20.7 Å². The highest BCUT2D eigenvalue weighted by molar-refractivity contribution is 7.20. The van der Waals surface area contributed by atoms with Gasteiger partial charge in [0.2, 0.25) is 11.0 Å². The Morgan fingerprint density at radius 2 is 2.04 bits per heavy atom. The van der Waals surface area contributed by atoms with Crippen molar-refractivity contribution in [1.29, 1.82) is 0 Å². The molecular formula is C16H17FN4OS. The van der Waals surface area contributed by atoms with Crippen LogP contribution < -0.4 is 5.32 Å². The molecule has 0 unspecified atom stereocenters. The SMILES string of the molecule is Cc1cc(NC(=O)C(C)(C)C)n(-c2nc3ccc(F)cc3s2)n1. The summed E-state index contributed by atoms with van der Waals surface area (Å²) in [6, 6.07) is 6.24. The van der Waals surface area contributed by atoms with E-state index in [1.54, 1.807) is 16.8 Å². The molecule has 0 saturated heterocycles. The van der Waals surface area contributed by atoms with Crippen LogP contribution in [0.15, 0.2) is 24.3 Å². The summed E-state index contributed by atoms with van der Waals surface area (Å²) in [5, 5.41) is 7.86. The van der Waals surface area contributed by atoms with Crippen LogP contribution in [0.4, 0.5) is 10.2 Å². The van der Waals surface area contributed by atoms with Gasteiger partial charge in [-0.2, -0.15) is 9.78 Å². The van der Waals surface area contributed by atoms with Gasteiger partial charge in [-0.1, -0.05) is 32.1 Å². The number of rotatable bonds is 2. The predicted octanol–water partition coefficient (Wildman–Crippen LogP) is 3.91. The Morgan fingerprint density at radius 1 is 1.30 bits per heavy atom. The second-order valence-corrected chi connectivity index (χ2v) is 7.40. The number of anilines is 1. The van der Waals surface area contributed by atoms with Crippen LogP contribution >= 0.6 is 11.3 Å². The summed E-state index contributed by atoms with van der Waals surface area (Å²) in [6.07, 6.45) is 0. The van der Waals surface area contributed by atoms with E-state index in [0.29, 0.717) is 16.5 Å². The zero-order valence-corrected chi connectivity index (χ0v) is 14.2. The number of nitrogens with one attached hydrogen (secondary N) is 1. The van der Waals surface area contributed by atoms with Gasteiger partial charge in [-0.05, 0) is 25.1 Å². The molecule has 1 amide bonds. The molecule has 0 bridgehead atoms. The van der Waals surface area contributed by atoms with Gasteiger partial charge in [0.25, 0.3) is 0 Å². The van der Waals surface area contributed by atoms with Gasteiger partial charge in [0.1, 0.15) is 11.6 Å². The fourth-order valence-corrected chi connectivity index (χ4v) is 2.97. The molecule has 0 spiro atoms. The number of halogens is 1. The molecule has 5 nitrogen and oxygen atoms in total. The molecule has 2 heterocycles. The number of hydrogen-bond donors (Lipinski definition) is 1. The van der Waals surface area contributed by atoms with Gasteiger partial charge in [-0.15, -0.1) is 0 Å². The molecule has 3 rings (SSSR count). The van der Waals surface area contributed by atoms with Crippen molar-refractivity contribution >= 4 is 33.3 Å². The summed E-state index contributed by atoms with van der Waals surface area (Å²) in [5.41, 5.74) is 0.951. The molecule has 0 aliphatic carbocycles. The maximum absolute atomic E-state index is 13.3. The quantitative estimate of drug-likeness (QED) is 0.774. The number of hydrogen-bond acceptors (Lipinski definition) is 4. The Labute approximate surface area is 137 Å². The van der Waals surface area contributed by atoms with Gasteiger partial charge in [-0.3, -0.25) is 4.79 Å². The minimum absolute atomic E-state index is 0.106. The molecular weight excluding hydrogens is 315 g/mol. The Balaban J connectivity index is 2.03. The van der Waals surface area contributed by atoms with E-state index >= 15 is 0 Å². The molecule has 120 valence electrons. The smallest absolute Gasteiger partial charge is 0.230 e. The standard InChI is InChI=1S/C16H17FN4OS/c1-9-7-13(19-14(22)16(2,3)4)21(20-9)15-18-11-6-5-10(17)8-12(11)23-15/h5-8H,1-4H3,(H,19,22). The number of fused-ring (bicyclic) bond motifs is 1. The van der Waals surface area contributed by atoms with Crippen LogP contribution in [0.25, 0.3) is 15.3 Å². The van der Waals surface area contributed by atoms with E-state index in [1.807, 2.05) is 27.7 Å². The molecule has 2 aromatic heterocycles. The zero-order valence-electron chi connectivity index (χ0n) is 13.3. The van der Waals surface area contributed by atoms with Crippen molar-refractivity contribution in [1.82, 2.24) is 14.8 Å². The van der Waals surface area contributed by atoms with E-state index in [-0.39, 0.29) is 11.7 Å². The monoisotopic (exact) mass is 332 g/mol. The lowest BCUT2D eigenvalue weighted by atomic mass is 9.96. The molecule has 0 aliphatic heterocycles. The molecule has 0 radical (unpaired) electrons. The molecule has 1 aromatic carbocycles. The van der Waals surface area contributed by atoms with Crippen LogP contribution in [0, 0.1) is 18.2 Å². The lowest BCUT2D eigenvalue weighted by Gasteiger charge is -2.17. The molecule has 0 aliphatic rings. The van der Waals surface area contributed by atoms with E-state index in [4.69, 9.17) is 0 Å². The Hall–Kier alpha value is -2.28. The van der Waals surface area contributed by atoms with Gasteiger partial charge in [-0.25, -0.2) is 9.37 Å². The first-order valence-electron chi connectivity index (χ1n) is 7.18. The van der Waals surface area contributed by atoms with Crippen molar-refractivity contribution in [2.45, 2.75) is 27.7 Å². The Bertz CT molecular complexity index is 891. The van der Waals surface area contributed by atoms with Gasteiger partial charge in [0.05, 0.1) is 15.9 Å². The highest BCUT2D eigenvalue weighted by Gasteiger charge is 2.23. The van der Waals surface area contributed by atoms with Gasteiger partial charge >= 0.3 is 0 Å². The summed E-state index contributed by atoms with van der Waals surface area (Å²) in [7, 11) is 0. The van der Waals surface area contributed by atoms with Crippen molar-refractivity contribution in [2.75, 3.05) is 5.32 Å². The maximum Gasteiger partial charge on any atom is 0.230 e. The van der Waals surface area contributed by atoms with E-state index in [2.05, 4.69) is 15.4 Å². The Morgan fingerprint density at radius 3 is 2.74 bits per heavy atom. The maximum atomic E-state index is 13.3. The third-order valence-electron chi connectivity index (χ3n) is 3.27.